The Morgan fingerprint density at radius 2 is 1.84 bits per heavy atom. The molecule has 1 aliphatic rings. The maximum atomic E-state index is 12.5. The first kappa shape index (κ1) is 17.5. The van der Waals surface area contributed by atoms with E-state index in [4.69, 9.17) is 11.6 Å². The number of anilines is 1. The van der Waals surface area contributed by atoms with Gasteiger partial charge in [-0.05, 0) is 36.6 Å². The number of carbonyl (C=O) groups is 2. The lowest BCUT2D eigenvalue weighted by atomic mass is 10.1. The van der Waals surface area contributed by atoms with Crippen molar-refractivity contribution in [2.45, 2.75) is 26.8 Å². The Balaban J connectivity index is 1.68. The third-order valence-corrected chi connectivity index (χ3v) is 4.98. The van der Waals surface area contributed by atoms with Gasteiger partial charge >= 0.3 is 0 Å². The lowest BCUT2D eigenvalue weighted by Crippen LogP contribution is -2.33. The Hall–Kier alpha value is -2.33. The average molecular weight is 357 g/mol. The van der Waals surface area contributed by atoms with Crippen molar-refractivity contribution in [3.63, 3.8) is 0 Å². The van der Waals surface area contributed by atoms with Gasteiger partial charge in [-0.25, -0.2) is 0 Å². The minimum absolute atomic E-state index is 0.00436. The summed E-state index contributed by atoms with van der Waals surface area (Å²) in [6.45, 7) is 4.76. The van der Waals surface area contributed by atoms with E-state index < -0.39 is 0 Å². The first-order valence-corrected chi connectivity index (χ1v) is 8.73. The summed E-state index contributed by atoms with van der Waals surface area (Å²) in [6, 6.07) is 13.4. The van der Waals surface area contributed by atoms with Crippen LogP contribution in [-0.4, -0.2) is 18.4 Å². The summed E-state index contributed by atoms with van der Waals surface area (Å²) in [5.74, 6) is -0.453. The molecule has 1 N–H and O–H groups in total. The minimum atomic E-state index is -0.339. The molecule has 1 heterocycles. The molecule has 2 amide bonds. The molecule has 0 saturated carbocycles. The van der Waals surface area contributed by atoms with E-state index in [9.17, 15) is 9.59 Å². The zero-order valence-corrected chi connectivity index (χ0v) is 15.1. The third-order valence-electron chi connectivity index (χ3n) is 4.62. The second kappa shape index (κ2) is 7.28. The van der Waals surface area contributed by atoms with Crippen molar-refractivity contribution >= 4 is 29.1 Å². The van der Waals surface area contributed by atoms with Crippen molar-refractivity contribution in [2.75, 3.05) is 11.4 Å². The summed E-state index contributed by atoms with van der Waals surface area (Å²) in [6.07, 6.45) is 0.238. The molecule has 2 aromatic rings. The highest BCUT2D eigenvalue weighted by atomic mass is 35.5. The summed E-state index contributed by atoms with van der Waals surface area (Å²) >= 11 is 6.11. The molecule has 3 rings (SSSR count). The van der Waals surface area contributed by atoms with E-state index in [1.54, 1.807) is 11.0 Å². The molecule has 2 aromatic carbocycles. The lowest BCUT2D eigenvalue weighted by molar-refractivity contribution is -0.126. The molecule has 0 aromatic heterocycles. The number of nitrogens with zero attached hydrogens (tertiary/aromatic N) is 1. The lowest BCUT2D eigenvalue weighted by Gasteiger charge is -2.21. The van der Waals surface area contributed by atoms with Gasteiger partial charge in [0.25, 0.3) is 0 Å². The highest BCUT2D eigenvalue weighted by molar-refractivity contribution is 6.31. The van der Waals surface area contributed by atoms with Crippen molar-refractivity contribution in [3.05, 3.63) is 64.2 Å². The SMILES string of the molecule is Cc1cccc(C)c1N1CC(C(=O)NCc2ccccc2Cl)CC1=O. The highest BCUT2D eigenvalue weighted by Gasteiger charge is 2.36. The Morgan fingerprint density at radius 3 is 2.52 bits per heavy atom. The minimum Gasteiger partial charge on any atom is -0.352 e. The molecule has 0 bridgehead atoms. The zero-order chi connectivity index (χ0) is 18.0. The van der Waals surface area contributed by atoms with Gasteiger partial charge in [0.2, 0.25) is 11.8 Å². The van der Waals surface area contributed by atoms with Gasteiger partial charge in [0, 0.05) is 30.2 Å². The van der Waals surface area contributed by atoms with Crippen LogP contribution < -0.4 is 10.2 Å². The van der Waals surface area contributed by atoms with Crippen LogP contribution in [0, 0.1) is 19.8 Å². The molecule has 1 unspecified atom stereocenters. The standard InChI is InChI=1S/C20H21ClN2O2/c1-13-6-5-7-14(2)19(13)23-12-16(10-18(23)24)20(25)22-11-15-8-3-4-9-17(15)21/h3-9,16H,10-12H2,1-2H3,(H,22,25). The van der Waals surface area contributed by atoms with Crippen LogP contribution in [0.2, 0.25) is 5.02 Å². The van der Waals surface area contributed by atoms with Gasteiger partial charge in [-0.1, -0.05) is 48.0 Å². The summed E-state index contributed by atoms with van der Waals surface area (Å²) in [7, 11) is 0. The van der Waals surface area contributed by atoms with E-state index in [2.05, 4.69) is 5.32 Å². The maximum absolute atomic E-state index is 12.5. The van der Waals surface area contributed by atoms with Gasteiger partial charge in [0.1, 0.15) is 0 Å². The molecule has 130 valence electrons. The summed E-state index contributed by atoms with van der Waals surface area (Å²) in [5.41, 5.74) is 3.89. The van der Waals surface area contributed by atoms with Crippen LogP contribution in [0.25, 0.3) is 0 Å². The quantitative estimate of drug-likeness (QED) is 0.909. The molecule has 0 aliphatic carbocycles. The maximum Gasteiger partial charge on any atom is 0.227 e. The van der Waals surface area contributed by atoms with Crippen molar-refractivity contribution in [2.24, 2.45) is 5.92 Å². The van der Waals surface area contributed by atoms with Crippen LogP contribution in [0.1, 0.15) is 23.1 Å². The number of nitrogens with one attached hydrogen (secondary N) is 1. The number of aryl methyl sites for hydroxylation is 2. The second-order valence-corrected chi connectivity index (χ2v) is 6.86. The fourth-order valence-corrected chi connectivity index (χ4v) is 3.50. The molecule has 25 heavy (non-hydrogen) atoms. The van der Waals surface area contributed by atoms with E-state index in [1.807, 2.05) is 50.2 Å². The predicted molar refractivity (Wildman–Crippen MR) is 99.7 cm³/mol. The van der Waals surface area contributed by atoms with Crippen LogP contribution in [0.4, 0.5) is 5.69 Å². The number of halogens is 1. The second-order valence-electron chi connectivity index (χ2n) is 6.46. The highest BCUT2D eigenvalue weighted by Crippen LogP contribution is 2.30. The topological polar surface area (TPSA) is 49.4 Å². The molecule has 1 saturated heterocycles. The summed E-state index contributed by atoms with van der Waals surface area (Å²) in [5, 5.41) is 3.53. The molecule has 1 aliphatic heterocycles. The number of amides is 2. The first-order valence-electron chi connectivity index (χ1n) is 8.35. The predicted octanol–water partition coefficient (Wildman–Crippen LogP) is 3.63. The van der Waals surface area contributed by atoms with Crippen LogP contribution in [0.3, 0.4) is 0 Å². The molecule has 1 fully saturated rings. The largest absolute Gasteiger partial charge is 0.352 e. The third kappa shape index (κ3) is 3.69. The number of rotatable bonds is 4. The fourth-order valence-electron chi connectivity index (χ4n) is 3.30. The average Bonchev–Trinajstić information content (AvgIpc) is 2.95. The van der Waals surface area contributed by atoms with Gasteiger partial charge in [-0.3, -0.25) is 9.59 Å². The summed E-state index contributed by atoms with van der Waals surface area (Å²) in [4.78, 5) is 26.7. The van der Waals surface area contributed by atoms with Gasteiger partial charge in [0.15, 0.2) is 0 Å². The van der Waals surface area contributed by atoms with Gasteiger partial charge < -0.3 is 10.2 Å². The fraction of sp³-hybridized carbons (Fsp3) is 0.300. The van der Waals surface area contributed by atoms with Crippen molar-refractivity contribution in [1.29, 1.82) is 0 Å². The Morgan fingerprint density at radius 1 is 1.16 bits per heavy atom. The summed E-state index contributed by atoms with van der Waals surface area (Å²) < 4.78 is 0. The monoisotopic (exact) mass is 356 g/mol. The Labute approximate surface area is 152 Å². The van der Waals surface area contributed by atoms with Crippen molar-refractivity contribution in [3.8, 4) is 0 Å². The van der Waals surface area contributed by atoms with Crippen molar-refractivity contribution in [1.82, 2.24) is 5.32 Å². The van der Waals surface area contributed by atoms with Gasteiger partial charge in [-0.15, -0.1) is 0 Å². The number of carbonyl (C=O) groups excluding carboxylic acids is 2. The molecular weight excluding hydrogens is 336 g/mol. The van der Waals surface area contributed by atoms with E-state index in [0.717, 1.165) is 22.4 Å². The number of benzene rings is 2. The normalized spacial score (nSPS) is 17.0. The zero-order valence-electron chi connectivity index (χ0n) is 14.4. The molecule has 1 atom stereocenters. The number of hydrogen-bond acceptors (Lipinski definition) is 2. The smallest absolute Gasteiger partial charge is 0.227 e. The van der Waals surface area contributed by atoms with Crippen LogP contribution in [-0.2, 0) is 16.1 Å². The first-order chi connectivity index (χ1) is 12.0. The van der Waals surface area contributed by atoms with E-state index in [0.29, 0.717) is 18.1 Å². The van der Waals surface area contributed by atoms with Gasteiger partial charge in [-0.2, -0.15) is 0 Å². The van der Waals surface area contributed by atoms with Crippen molar-refractivity contribution < 1.29 is 9.59 Å². The molecule has 5 heteroatoms. The van der Waals surface area contributed by atoms with Crippen LogP contribution in [0.5, 0.6) is 0 Å². The Kier molecular flexibility index (Phi) is 5.09. The van der Waals surface area contributed by atoms with E-state index in [-0.39, 0.29) is 24.2 Å². The molecule has 0 spiro atoms. The number of para-hydroxylation sites is 1. The van der Waals surface area contributed by atoms with Crippen LogP contribution >= 0.6 is 11.6 Å². The van der Waals surface area contributed by atoms with Gasteiger partial charge in [0.05, 0.1) is 5.92 Å². The van der Waals surface area contributed by atoms with E-state index in [1.165, 1.54) is 0 Å². The van der Waals surface area contributed by atoms with Crippen LogP contribution in [0.15, 0.2) is 42.5 Å². The Bertz CT molecular complexity index is 799. The molecule has 0 radical (unpaired) electrons. The molecular formula is C20H21ClN2O2. The number of hydrogen-bond donors (Lipinski definition) is 1. The molecule has 4 nitrogen and oxygen atoms in total. The van der Waals surface area contributed by atoms with E-state index >= 15 is 0 Å².